The fraction of sp³-hybridized carbons (Fsp3) is 0.500. The molecule has 0 saturated carbocycles. The summed E-state index contributed by atoms with van der Waals surface area (Å²) in [5.74, 6) is -1.62. The number of aromatic nitrogens is 2. The Kier molecular flexibility index (Phi) is 4.84. The van der Waals surface area contributed by atoms with Crippen LogP contribution in [0.15, 0.2) is 11.2 Å². The van der Waals surface area contributed by atoms with Crippen LogP contribution in [0.3, 0.4) is 0 Å². The van der Waals surface area contributed by atoms with Crippen LogP contribution in [-0.2, 0) is 26.7 Å². The van der Waals surface area contributed by atoms with Crippen molar-refractivity contribution in [3.63, 3.8) is 0 Å². The number of carbonyl (C=O) groups excluding carboxylic acids is 1. The standard InChI is InChI=1S/C10H16N4O5S/c1-6-12-9(5-14(6)2)20(18,19)13-7(10(16)17)3-4-8(11)15/h5,7,13H,3-4H2,1-2H3,(H2,11,15)(H,16,17)/t7-/m0/s1. The monoisotopic (exact) mass is 304 g/mol. The van der Waals surface area contributed by atoms with E-state index in [1.54, 1.807) is 14.0 Å². The molecule has 0 aliphatic heterocycles. The summed E-state index contributed by atoms with van der Waals surface area (Å²) >= 11 is 0. The van der Waals surface area contributed by atoms with Crippen molar-refractivity contribution in [3.05, 3.63) is 12.0 Å². The highest BCUT2D eigenvalue weighted by Gasteiger charge is 2.27. The van der Waals surface area contributed by atoms with E-state index in [0.29, 0.717) is 5.82 Å². The summed E-state index contributed by atoms with van der Waals surface area (Å²) in [5, 5.41) is 8.68. The number of hydrogen-bond donors (Lipinski definition) is 3. The van der Waals surface area contributed by atoms with Crippen LogP contribution in [0.2, 0.25) is 0 Å². The van der Waals surface area contributed by atoms with E-state index < -0.39 is 27.9 Å². The Balaban J connectivity index is 2.91. The fourth-order valence-electron chi connectivity index (χ4n) is 1.42. The molecule has 1 amide bonds. The molecule has 1 aromatic rings. The van der Waals surface area contributed by atoms with Gasteiger partial charge in [-0.15, -0.1) is 0 Å². The number of carboxylic acid groups (broad SMARTS) is 1. The third-order valence-electron chi connectivity index (χ3n) is 2.64. The molecule has 0 spiro atoms. The molecule has 4 N–H and O–H groups in total. The van der Waals surface area contributed by atoms with Crippen molar-refractivity contribution in [1.82, 2.24) is 14.3 Å². The summed E-state index contributed by atoms with van der Waals surface area (Å²) in [5.41, 5.74) is 4.91. The number of nitrogens with two attached hydrogens (primary N) is 1. The molecule has 1 rings (SSSR count). The molecule has 0 bridgehead atoms. The van der Waals surface area contributed by atoms with Gasteiger partial charge in [-0.1, -0.05) is 0 Å². The highest BCUT2D eigenvalue weighted by Crippen LogP contribution is 2.10. The average Bonchev–Trinajstić information content (AvgIpc) is 2.65. The van der Waals surface area contributed by atoms with E-state index in [2.05, 4.69) is 4.98 Å². The van der Waals surface area contributed by atoms with Crippen LogP contribution in [0.5, 0.6) is 0 Å². The average molecular weight is 304 g/mol. The Morgan fingerprint density at radius 2 is 2.15 bits per heavy atom. The minimum atomic E-state index is -4.07. The fourth-order valence-corrected chi connectivity index (χ4v) is 2.69. The van der Waals surface area contributed by atoms with E-state index >= 15 is 0 Å². The second kappa shape index (κ2) is 6.01. The largest absolute Gasteiger partial charge is 0.480 e. The molecule has 0 aromatic carbocycles. The molecule has 9 nitrogen and oxygen atoms in total. The van der Waals surface area contributed by atoms with Gasteiger partial charge in [-0.25, -0.2) is 13.4 Å². The van der Waals surface area contributed by atoms with Gasteiger partial charge in [0.2, 0.25) is 5.91 Å². The molecule has 0 aliphatic rings. The van der Waals surface area contributed by atoms with Gasteiger partial charge in [0.05, 0.1) is 0 Å². The smallest absolute Gasteiger partial charge is 0.321 e. The third-order valence-corrected chi connectivity index (χ3v) is 3.98. The van der Waals surface area contributed by atoms with Crippen LogP contribution in [0.4, 0.5) is 0 Å². The molecule has 112 valence electrons. The SMILES string of the molecule is Cc1nc(S(=O)(=O)N[C@@H](CCC(N)=O)C(=O)O)cn1C. The highest BCUT2D eigenvalue weighted by atomic mass is 32.2. The molecule has 1 atom stereocenters. The lowest BCUT2D eigenvalue weighted by atomic mass is 10.2. The first-order valence-electron chi connectivity index (χ1n) is 5.67. The number of sulfonamides is 1. The van der Waals surface area contributed by atoms with Crippen LogP contribution in [-0.4, -0.2) is 41.0 Å². The number of nitrogens with one attached hydrogen (secondary N) is 1. The van der Waals surface area contributed by atoms with E-state index in [4.69, 9.17) is 10.8 Å². The van der Waals surface area contributed by atoms with Gasteiger partial charge >= 0.3 is 5.97 Å². The molecule has 20 heavy (non-hydrogen) atoms. The molecule has 1 aromatic heterocycles. The Morgan fingerprint density at radius 3 is 2.55 bits per heavy atom. The van der Waals surface area contributed by atoms with Crippen LogP contribution >= 0.6 is 0 Å². The Hall–Kier alpha value is -1.94. The van der Waals surface area contributed by atoms with Gasteiger partial charge in [-0.2, -0.15) is 4.72 Å². The van der Waals surface area contributed by atoms with E-state index in [-0.39, 0.29) is 17.9 Å². The van der Waals surface area contributed by atoms with E-state index in [9.17, 15) is 18.0 Å². The Labute approximate surface area is 115 Å². The van der Waals surface area contributed by atoms with Gasteiger partial charge in [-0.3, -0.25) is 9.59 Å². The molecule has 0 fully saturated rings. The van der Waals surface area contributed by atoms with Gasteiger partial charge in [0.1, 0.15) is 11.9 Å². The number of amides is 1. The number of aliphatic carboxylic acids is 1. The summed E-state index contributed by atoms with van der Waals surface area (Å²) in [6.45, 7) is 1.61. The summed E-state index contributed by atoms with van der Waals surface area (Å²) in [6, 6.07) is -1.44. The Bertz CT molecular complexity index is 602. The lowest BCUT2D eigenvalue weighted by Crippen LogP contribution is -2.41. The second-order valence-corrected chi connectivity index (χ2v) is 5.92. The number of nitrogens with zero attached hydrogens (tertiary/aromatic N) is 2. The van der Waals surface area contributed by atoms with Crippen LogP contribution in [0, 0.1) is 6.92 Å². The maximum atomic E-state index is 12.0. The number of hydrogen-bond acceptors (Lipinski definition) is 5. The predicted molar refractivity (Wildman–Crippen MR) is 68.1 cm³/mol. The number of aryl methyl sites for hydroxylation is 2. The normalized spacial score (nSPS) is 13.1. The van der Waals surface area contributed by atoms with Crippen LogP contribution in [0.25, 0.3) is 0 Å². The predicted octanol–water partition coefficient (Wildman–Crippen LogP) is -1.27. The summed E-state index contributed by atoms with van der Waals surface area (Å²) in [4.78, 5) is 25.5. The number of imidazole rings is 1. The first kappa shape index (κ1) is 16.1. The summed E-state index contributed by atoms with van der Waals surface area (Å²) in [7, 11) is -2.45. The Morgan fingerprint density at radius 1 is 1.55 bits per heavy atom. The third kappa shape index (κ3) is 4.03. The minimum absolute atomic E-state index is 0.226. The zero-order valence-corrected chi connectivity index (χ0v) is 11.8. The van der Waals surface area contributed by atoms with Gasteiger partial charge in [0, 0.05) is 19.7 Å². The van der Waals surface area contributed by atoms with E-state index in [1.807, 2.05) is 4.72 Å². The quantitative estimate of drug-likeness (QED) is 0.572. The van der Waals surface area contributed by atoms with Crippen molar-refractivity contribution in [2.45, 2.75) is 30.8 Å². The second-order valence-electron chi connectivity index (χ2n) is 4.25. The first-order chi connectivity index (χ1) is 9.13. The van der Waals surface area contributed by atoms with Crippen LogP contribution in [0.1, 0.15) is 18.7 Å². The maximum Gasteiger partial charge on any atom is 0.321 e. The number of primary amides is 1. The first-order valence-corrected chi connectivity index (χ1v) is 7.15. The zero-order valence-electron chi connectivity index (χ0n) is 11.0. The van der Waals surface area contributed by atoms with Crippen molar-refractivity contribution in [3.8, 4) is 0 Å². The van der Waals surface area contributed by atoms with E-state index in [1.165, 1.54) is 10.8 Å². The van der Waals surface area contributed by atoms with Crippen molar-refractivity contribution >= 4 is 21.9 Å². The molecule has 1 heterocycles. The van der Waals surface area contributed by atoms with Crippen LogP contribution < -0.4 is 10.5 Å². The van der Waals surface area contributed by atoms with Crippen molar-refractivity contribution in [1.29, 1.82) is 0 Å². The number of carbonyl (C=O) groups is 2. The molecular formula is C10H16N4O5S. The molecule has 10 heteroatoms. The minimum Gasteiger partial charge on any atom is -0.480 e. The van der Waals surface area contributed by atoms with E-state index in [0.717, 1.165) is 0 Å². The van der Waals surface area contributed by atoms with Gasteiger partial charge in [-0.05, 0) is 13.3 Å². The van der Waals surface area contributed by atoms with Crippen molar-refractivity contribution < 1.29 is 23.1 Å². The van der Waals surface area contributed by atoms with Gasteiger partial charge in [0.15, 0.2) is 5.03 Å². The molecule has 0 radical (unpaired) electrons. The summed E-state index contributed by atoms with van der Waals surface area (Å²) < 4.78 is 27.5. The maximum absolute atomic E-state index is 12.0. The molecule has 0 unspecified atom stereocenters. The van der Waals surface area contributed by atoms with Gasteiger partial charge < -0.3 is 15.4 Å². The zero-order chi connectivity index (χ0) is 15.5. The number of carboxylic acids is 1. The van der Waals surface area contributed by atoms with Crippen molar-refractivity contribution in [2.75, 3.05) is 0 Å². The topological polar surface area (TPSA) is 144 Å². The van der Waals surface area contributed by atoms with Crippen molar-refractivity contribution in [2.24, 2.45) is 12.8 Å². The lowest BCUT2D eigenvalue weighted by molar-refractivity contribution is -0.139. The number of rotatable bonds is 7. The molecule has 0 saturated heterocycles. The molecule has 0 aliphatic carbocycles. The van der Waals surface area contributed by atoms with Gasteiger partial charge in [0.25, 0.3) is 10.0 Å². The highest BCUT2D eigenvalue weighted by molar-refractivity contribution is 7.89. The summed E-state index contributed by atoms with van der Waals surface area (Å²) in [6.07, 6.45) is 0.807. The lowest BCUT2D eigenvalue weighted by Gasteiger charge is -2.12. The molecular weight excluding hydrogens is 288 g/mol.